The Morgan fingerprint density at radius 3 is 2.67 bits per heavy atom. The number of methoxy groups -OCH3 is 1. The highest BCUT2D eigenvalue weighted by Gasteiger charge is 2.32. The molecule has 0 amide bonds. The van der Waals surface area contributed by atoms with Crippen molar-refractivity contribution in [3.63, 3.8) is 0 Å². The molecule has 2 rings (SSSR count). The fraction of sp³-hybridized carbons (Fsp3) is 0.571. The molecule has 118 valence electrons. The number of rotatable bonds is 7. The Morgan fingerprint density at radius 2 is 2.10 bits per heavy atom. The number of sulfonamides is 1. The normalized spacial score (nSPS) is 21.9. The zero-order chi connectivity index (χ0) is 15.5. The summed E-state index contributed by atoms with van der Waals surface area (Å²) in [5.41, 5.74) is 6.34. The van der Waals surface area contributed by atoms with Crippen molar-refractivity contribution in [2.75, 3.05) is 13.7 Å². The van der Waals surface area contributed by atoms with E-state index >= 15 is 0 Å². The van der Waals surface area contributed by atoms with Gasteiger partial charge in [-0.05, 0) is 38.0 Å². The van der Waals surface area contributed by atoms with Crippen LogP contribution in [-0.2, 0) is 21.3 Å². The average Bonchev–Trinajstić information content (AvgIpc) is 2.43. The summed E-state index contributed by atoms with van der Waals surface area (Å²) in [4.78, 5) is 0.215. The van der Waals surface area contributed by atoms with E-state index in [1.165, 1.54) is 0 Å². The van der Waals surface area contributed by atoms with Crippen molar-refractivity contribution in [2.24, 2.45) is 5.73 Å². The van der Waals surface area contributed by atoms with Gasteiger partial charge in [-0.15, -0.1) is 0 Å². The van der Waals surface area contributed by atoms with Crippen molar-refractivity contribution in [2.45, 2.75) is 43.4 Å². The molecule has 0 radical (unpaired) electrons. The van der Waals surface area contributed by atoms with Crippen molar-refractivity contribution >= 4 is 10.0 Å². The van der Waals surface area contributed by atoms with E-state index in [4.69, 9.17) is 15.2 Å². The van der Waals surface area contributed by atoms with E-state index in [-0.39, 0.29) is 23.6 Å². The summed E-state index contributed by atoms with van der Waals surface area (Å²) in [5, 5.41) is 0. The predicted octanol–water partition coefficient (Wildman–Crippen LogP) is 1.000. The van der Waals surface area contributed by atoms with E-state index in [1.54, 1.807) is 25.3 Å². The zero-order valence-corrected chi connectivity index (χ0v) is 13.2. The zero-order valence-electron chi connectivity index (χ0n) is 12.3. The van der Waals surface area contributed by atoms with Crippen molar-refractivity contribution < 1.29 is 17.9 Å². The molecular formula is C14H22N2O4S. The first kappa shape index (κ1) is 16.2. The van der Waals surface area contributed by atoms with Gasteiger partial charge in [0.15, 0.2) is 0 Å². The Morgan fingerprint density at radius 1 is 1.38 bits per heavy atom. The molecule has 0 spiro atoms. The fourth-order valence-corrected chi connectivity index (χ4v) is 3.63. The molecule has 1 aliphatic carbocycles. The first-order chi connectivity index (χ1) is 10.00. The highest BCUT2D eigenvalue weighted by atomic mass is 32.2. The molecule has 0 aliphatic heterocycles. The predicted molar refractivity (Wildman–Crippen MR) is 79.6 cm³/mol. The Labute approximate surface area is 125 Å². The Kier molecular flexibility index (Phi) is 5.21. The molecule has 0 bridgehead atoms. The SMILES string of the molecule is CCOc1ccc(S(=O)(=O)NC2CC(OC)C2)cc1CN. The van der Waals surface area contributed by atoms with Gasteiger partial charge in [-0.1, -0.05) is 0 Å². The monoisotopic (exact) mass is 314 g/mol. The van der Waals surface area contributed by atoms with Crippen LogP contribution in [-0.4, -0.2) is 34.3 Å². The van der Waals surface area contributed by atoms with Gasteiger partial charge in [0.25, 0.3) is 0 Å². The Hall–Kier alpha value is -1.15. The van der Waals surface area contributed by atoms with Gasteiger partial charge < -0.3 is 15.2 Å². The summed E-state index contributed by atoms with van der Waals surface area (Å²) in [6.45, 7) is 2.61. The number of nitrogens with two attached hydrogens (primary N) is 1. The second-order valence-electron chi connectivity index (χ2n) is 5.05. The van der Waals surface area contributed by atoms with Gasteiger partial charge in [0, 0.05) is 25.3 Å². The highest BCUT2D eigenvalue weighted by Crippen LogP contribution is 2.26. The second kappa shape index (κ2) is 6.74. The molecule has 6 nitrogen and oxygen atoms in total. The van der Waals surface area contributed by atoms with Gasteiger partial charge in [-0.3, -0.25) is 0 Å². The first-order valence-corrected chi connectivity index (χ1v) is 8.49. The molecule has 0 unspecified atom stereocenters. The van der Waals surface area contributed by atoms with Crippen LogP contribution < -0.4 is 15.2 Å². The van der Waals surface area contributed by atoms with Crippen LogP contribution >= 0.6 is 0 Å². The summed E-state index contributed by atoms with van der Waals surface area (Å²) in [7, 11) is -1.90. The topological polar surface area (TPSA) is 90.7 Å². The molecule has 21 heavy (non-hydrogen) atoms. The van der Waals surface area contributed by atoms with Gasteiger partial charge in [0.1, 0.15) is 5.75 Å². The van der Waals surface area contributed by atoms with Gasteiger partial charge in [-0.25, -0.2) is 13.1 Å². The maximum atomic E-state index is 12.3. The van der Waals surface area contributed by atoms with Crippen LogP contribution in [0.4, 0.5) is 0 Å². The molecule has 7 heteroatoms. The van der Waals surface area contributed by atoms with Gasteiger partial charge >= 0.3 is 0 Å². The van der Waals surface area contributed by atoms with Gasteiger partial charge in [-0.2, -0.15) is 0 Å². The molecule has 1 aromatic carbocycles. The molecule has 1 fully saturated rings. The standard InChI is InChI=1S/C14H22N2O4S/c1-3-20-14-5-4-13(6-10(14)9-15)21(17,18)16-11-7-12(8-11)19-2/h4-6,11-12,16H,3,7-9,15H2,1-2H3. The van der Waals surface area contributed by atoms with Crippen molar-refractivity contribution in [3.05, 3.63) is 23.8 Å². The third-order valence-corrected chi connectivity index (χ3v) is 5.13. The quantitative estimate of drug-likeness (QED) is 0.783. The van der Waals surface area contributed by atoms with Crippen LogP contribution in [0.3, 0.4) is 0 Å². The number of ether oxygens (including phenoxy) is 2. The number of nitrogens with one attached hydrogen (secondary N) is 1. The molecule has 0 saturated heterocycles. The molecule has 1 saturated carbocycles. The third kappa shape index (κ3) is 3.74. The number of benzene rings is 1. The lowest BCUT2D eigenvalue weighted by atomic mass is 9.90. The first-order valence-electron chi connectivity index (χ1n) is 7.01. The molecule has 3 N–H and O–H groups in total. The minimum Gasteiger partial charge on any atom is -0.494 e. The lowest BCUT2D eigenvalue weighted by Crippen LogP contribution is -2.47. The van der Waals surface area contributed by atoms with Gasteiger partial charge in [0.2, 0.25) is 10.0 Å². The van der Waals surface area contributed by atoms with Crippen LogP contribution in [0.5, 0.6) is 5.75 Å². The third-order valence-electron chi connectivity index (χ3n) is 3.61. The molecule has 1 aliphatic rings. The van der Waals surface area contributed by atoms with Crippen molar-refractivity contribution in [3.8, 4) is 5.75 Å². The summed E-state index contributed by atoms with van der Waals surface area (Å²) in [6, 6.07) is 4.70. The maximum absolute atomic E-state index is 12.3. The molecule has 0 atom stereocenters. The molecule has 0 aromatic heterocycles. The Bertz CT molecular complexity index is 583. The molecular weight excluding hydrogens is 292 g/mol. The largest absolute Gasteiger partial charge is 0.494 e. The van der Waals surface area contributed by atoms with Crippen LogP contribution in [0.25, 0.3) is 0 Å². The summed E-state index contributed by atoms with van der Waals surface area (Å²) in [5.74, 6) is 0.627. The number of hydrogen-bond donors (Lipinski definition) is 2. The molecule has 1 aromatic rings. The van der Waals surface area contributed by atoms with E-state index in [0.29, 0.717) is 30.8 Å². The van der Waals surface area contributed by atoms with Crippen LogP contribution in [0.2, 0.25) is 0 Å². The van der Waals surface area contributed by atoms with Crippen LogP contribution in [0.1, 0.15) is 25.3 Å². The average molecular weight is 314 g/mol. The Balaban J connectivity index is 2.13. The lowest BCUT2D eigenvalue weighted by molar-refractivity contribution is 0.0236. The second-order valence-corrected chi connectivity index (χ2v) is 6.77. The van der Waals surface area contributed by atoms with E-state index in [2.05, 4.69) is 4.72 Å². The maximum Gasteiger partial charge on any atom is 0.240 e. The van der Waals surface area contributed by atoms with Crippen LogP contribution in [0, 0.1) is 0 Å². The van der Waals surface area contributed by atoms with Crippen LogP contribution in [0.15, 0.2) is 23.1 Å². The van der Waals surface area contributed by atoms with Crippen molar-refractivity contribution in [1.29, 1.82) is 0 Å². The highest BCUT2D eigenvalue weighted by molar-refractivity contribution is 7.89. The van der Waals surface area contributed by atoms with Crippen molar-refractivity contribution in [1.82, 2.24) is 4.72 Å². The van der Waals surface area contributed by atoms with E-state index in [9.17, 15) is 8.42 Å². The fourth-order valence-electron chi connectivity index (χ4n) is 2.32. The van der Waals surface area contributed by atoms with Gasteiger partial charge in [0.05, 0.1) is 17.6 Å². The van der Waals surface area contributed by atoms with E-state index in [1.807, 2.05) is 6.92 Å². The summed E-state index contributed by atoms with van der Waals surface area (Å²) < 4.78 is 37.9. The summed E-state index contributed by atoms with van der Waals surface area (Å²) in [6.07, 6.45) is 1.56. The van der Waals surface area contributed by atoms with E-state index in [0.717, 1.165) is 0 Å². The summed E-state index contributed by atoms with van der Waals surface area (Å²) >= 11 is 0. The molecule has 0 heterocycles. The minimum atomic E-state index is -3.53. The lowest BCUT2D eigenvalue weighted by Gasteiger charge is -2.34. The minimum absolute atomic E-state index is 0.0622. The van der Waals surface area contributed by atoms with E-state index < -0.39 is 10.0 Å². The smallest absolute Gasteiger partial charge is 0.240 e. The number of hydrogen-bond acceptors (Lipinski definition) is 5.